The summed E-state index contributed by atoms with van der Waals surface area (Å²) in [7, 11) is 0. The van der Waals surface area contributed by atoms with Crippen LogP contribution in [0.15, 0.2) is 18.3 Å². The molecule has 0 aliphatic heterocycles. The Balaban J connectivity index is 2.17. The second kappa shape index (κ2) is 4.39. The molecule has 0 fully saturated rings. The van der Waals surface area contributed by atoms with Gasteiger partial charge in [0, 0.05) is 4.88 Å². The second-order valence-electron chi connectivity index (χ2n) is 3.57. The molecule has 0 amide bonds. The SMILES string of the molecule is Cc1ccc(C(=O)Cn2ncc(Cl)c2C)s1. The van der Waals surface area contributed by atoms with Crippen LogP contribution >= 0.6 is 22.9 Å². The Kier molecular flexibility index (Phi) is 3.12. The fourth-order valence-corrected chi connectivity index (χ4v) is 2.32. The van der Waals surface area contributed by atoms with Gasteiger partial charge in [0.25, 0.3) is 0 Å². The number of halogens is 1. The molecule has 0 aliphatic carbocycles. The zero-order chi connectivity index (χ0) is 11.7. The minimum absolute atomic E-state index is 0.0703. The molecule has 2 aromatic rings. The van der Waals surface area contributed by atoms with Gasteiger partial charge in [-0.2, -0.15) is 5.10 Å². The molecule has 84 valence electrons. The van der Waals surface area contributed by atoms with Crippen molar-refractivity contribution >= 4 is 28.7 Å². The molecule has 0 saturated heterocycles. The first-order valence-electron chi connectivity index (χ1n) is 4.85. The highest BCUT2D eigenvalue weighted by atomic mass is 35.5. The van der Waals surface area contributed by atoms with E-state index in [1.165, 1.54) is 11.3 Å². The van der Waals surface area contributed by atoms with Crippen LogP contribution in [0.5, 0.6) is 0 Å². The number of thiophene rings is 1. The Labute approximate surface area is 103 Å². The third-order valence-electron chi connectivity index (χ3n) is 2.35. The number of carbonyl (C=O) groups excluding carboxylic acids is 1. The first kappa shape index (κ1) is 11.4. The van der Waals surface area contributed by atoms with Gasteiger partial charge in [-0.3, -0.25) is 9.48 Å². The van der Waals surface area contributed by atoms with E-state index in [2.05, 4.69) is 5.10 Å². The van der Waals surface area contributed by atoms with Gasteiger partial charge in [-0.05, 0) is 26.0 Å². The monoisotopic (exact) mass is 254 g/mol. The molecule has 0 N–H and O–H groups in total. The van der Waals surface area contributed by atoms with Gasteiger partial charge >= 0.3 is 0 Å². The number of hydrogen-bond acceptors (Lipinski definition) is 3. The number of nitrogens with zero attached hydrogens (tertiary/aromatic N) is 2. The van der Waals surface area contributed by atoms with E-state index in [0.717, 1.165) is 15.4 Å². The average Bonchev–Trinajstić information content (AvgIpc) is 2.79. The van der Waals surface area contributed by atoms with Crippen molar-refractivity contribution in [2.24, 2.45) is 0 Å². The molecule has 0 unspecified atom stereocenters. The van der Waals surface area contributed by atoms with Crippen molar-refractivity contribution in [2.75, 3.05) is 0 Å². The Morgan fingerprint density at radius 1 is 1.50 bits per heavy atom. The van der Waals surface area contributed by atoms with Gasteiger partial charge in [0.2, 0.25) is 0 Å². The van der Waals surface area contributed by atoms with Crippen molar-refractivity contribution in [1.82, 2.24) is 9.78 Å². The lowest BCUT2D eigenvalue weighted by molar-refractivity contribution is 0.0971. The van der Waals surface area contributed by atoms with Crippen LogP contribution in [0.2, 0.25) is 5.02 Å². The quantitative estimate of drug-likeness (QED) is 0.789. The zero-order valence-corrected chi connectivity index (χ0v) is 10.6. The molecule has 0 atom stereocenters. The summed E-state index contributed by atoms with van der Waals surface area (Å²) in [4.78, 5) is 13.8. The van der Waals surface area contributed by atoms with E-state index in [-0.39, 0.29) is 12.3 Å². The van der Waals surface area contributed by atoms with E-state index in [1.807, 2.05) is 26.0 Å². The van der Waals surface area contributed by atoms with Crippen LogP contribution < -0.4 is 0 Å². The highest BCUT2D eigenvalue weighted by Crippen LogP contribution is 2.18. The summed E-state index contributed by atoms with van der Waals surface area (Å²) >= 11 is 7.38. The average molecular weight is 255 g/mol. The molecule has 2 heterocycles. The Bertz CT molecular complexity index is 530. The van der Waals surface area contributed by atoms with Gasteiger partial charge < -0.3 is 0 Å². The lowest BCUT2D eigenvalue weighted by Gasteiger charge is -2.01. The van der Waals surface area contributed by atoms with Crippen LogP contribution in [0.25, 0.3) is 0 Å². The number of hydrogen-bond donors (Lipinski definition) is 0. The third-order valence-corrected chi connectivity index (χ3v) is 3.76. The van der Waals surface area contributed by atoms with Crippen molar-refractivity contribution in [3.8, 4) is 0 Å². The minimum Gasteiger partial charge on any atom is -0.291 e. The van der Waals surface area contributed by atoms with Crippen molar-refractivity contribution < 1.29 is 4.79 Å². The smallest absolute Gasteiger partial charge is 0.194 e. The van der Waals surface area contributed by atoms with Crippen molar-refractivity contribution in [1.29, 1.82) is 0 Å². The number of aryl methyl sites for hydroxylation is 1. The first-order chi connectivity index (χ1) is 7.58. The predicted octanol–water partition coefficient (Wildman–Crippen LogP) is 3.10. The van der Waals surface area contributed by atoms with Crippen molar-refractivity contribution in [3.05, 3.63) is 38.8 Å². The van der Waals surface area contributed by atoms with Gasteiger partial charge in [-0.1, -0.05) is 11.6 Å². The summed E-state index contributed by atoms with van der Waals surface area (Å²) in [5.41, 5.74) is 0.822. The lowest BCUT2D eigenvalue weighted by Crippen LogP contribution is -2.11. The summed E-state index contributed by atoms with van der Waals surface area (Å²) in [6.07, 6.45) is 1.56. The Hall–Kier alpha value is -1.13. The van der Waals surface area contributed by atoms with Crippen LogP contribution in [0.4, 0.5) is 0 Å². The van der Waals surface area contributed by atoms with Gasteiger partial charge in [0.15, 0.2) is 5.78 Å². The molecule has 0 aliphatic rings. The van der Waals surface area contributed by atoms with Crippen LogP contribution in [0.3, 0.4) is 0 Å². The van der Waals surface area contributed by atoms with Gasteiger partial charge in [-0.15, -0.1) is 11.3 Å². The van der Waals surface area contributed by atoms with E-state index in [1.54, 1.807) is 10.9 Å². The molecule has 0 saturated carbocycles. The van der Waals surface area contributed by atoms with E-state index in [4.69, 9.17) is 11.6 Å². The van der Waals surface area contributed by atoms with Crippen LogP contribution in [0, 0.1) is 13.8 Å². The minimum atomic E-state index is 0.0703. The Morgan fingerprint density at radius 2 is 2.25 bits per heavy atom. The maximum absolute atomic E-state index is 11.9. The molecule has 0 spiro atoms. The molecule has 0 aromatic carbocycles. The van der Waals surface area contributed by atoms with Crippen LogP contribution in [0.1, 0.15) is 20.2 Å². The van der Waals surface area contributed by atoms with Crippen LogP contribution in [-0.4, -0.2) is 15.6 Å². The standard InChI is InChI=1S/C11H11ClN2OS/c1-7-3-4-11(16-7)10(15)6-14-8(2)9(12)5-13-14/h3-5H,6H2,1-2H3. The summed E-state index contributed by atoms with van der Waals surface area (Å²) in [5, 5.41) is 4.65. The molecular formula is C11H11ClN2OS. The Morgan fingerprint density at radius 3 is 2.75 bits per heavy atom. The molecule has 5 heteroatoms. The maximum atomic E-state index is 11.9. The summed E-state index contributed by atoms with van der Waals surface area (Å²) in [6, 6.07) is 3.80. The van der Waals surface area contributed by atoms with Crippen molar-refractivity contribution in [2.45, 2.75) is 20.4 Å². The fourth-order valence-electron chi connectivity index (χ4n) is 1.38. The molecular weight excluding hydrogens is 244 g/mol. The summed E-state index contributed by atoms with van der Waals surface area (Å²) in [5.74, 6) is 0.0703. The van der Waals surface area contributed by atoms with E-state index < -0.39 is 0 Å². The second-order valence-corrected chi connectivity index (χ2v) is 5.26. The topological polar surface area (TPSA) is 34.9 Å². The maximum Gasteiger partial charge on any atom is 0.194 e. The van der Waals surface area contributed by atoms with E-state index >= 15 is 0 Å². The number of ketones is 1. The zero-order valence-electron chi connectivity index (χ0n) is 9.03. The van der Waals surface area contributed by atoms with Gasteiger partial charge in [-0.25, -0.2) is 0 Å². The van der Waals surface area contributed by atoms with Gasteiger partial charge in [0.05, 0.1) is 21.8 Å². The summed E-state index contributed by atoms with van der Waals surface area (Å²) < 4.78 is 1.62. The predicted molar refractivity (Wildman–Crippen MR) is 65.4 cm³/mol. The van der Waals surface area contributed by atoms with E-state index in [9.17, 15) is 4.79 Å². The number of rotatable bonds is 3. The highest BCUT2D eigenvalue weighted by Gasteiger charge is 2.12. The van der Waals surface area contributed by atoms with Crippen molar-refractivity contribution in [3.63, 3.8) is 0 Å². The number of carbonyl (C=O) groups is 1. The number of Topliss-reactive ketones (excluding diaryl/α,β-unsaturated/α-hetero) is 1. The molecule has 0 radical (unpaired) electrons. The van der Waals surface area contributed by atoms with Crippen LogP contribution in [-0.2, 0) is 6.54 Å². The first-order valence-corrected chi connectivity index (χ1v) is 6.05. The largest absolute Gasteiger partial charge is 0.291 e. The molecule has 2 aromatic heterocycles. The molecule has 2 rings (SSSR count). The molecule has 16 heavy (non-hydrogen) atoms. The summed E-state index contributed by atoms with van der Waals surface area (Å²) in [6.45, 7) is 4.08. The number of aromatic nitrogens is 2. The molecule has 0 bridgehead atoms. The highest BCUT2D eigenvalue weighted by molar-refractivity contribution is 7.14. The molecule has 3 nitrogen and oxygen atoms in total. The van der Waals surface area contributed by atoms with E-state index in [0.29, 0.717) is 5.02 Å². The third kappa shape index (κ3) is 2.18. The van der Waals surface area contributed by atoms with Gasteiger partial charge in [0.1, 0.15) is 6.54 Å². The normalized spacial score (nSPS) is 10.7. The lowest BCUT2D eigenvalue weighted by atomic mass is 10.3. The fraction of sp³-hybridized carbons (Fsp3) is 0.273.